The standard InChI is InChI=1S/C13H18N2O2/c1-17-11-4-2-3-9(7-11)12(14)8-13(16)15-10-5-6-10/h2-4,7,10,12H,5-6,8,14H2,1H3,(H,15,16). The van der Waals surface area contributed by atoms with Crippen LogP contribution in [0.4, 0.5) is 0 Å². The van der Waals surface area contributed by atoms with Gasteiger partial charge in [-0.3, -0.25) is 4.79 Å². The van der Waals surface area contributed by atoms with Crippen molar-refractivity contribution in [2.24, 2.45) is 5.73 Å². The van der Waals surface area contributed by atoms with Gasteiger partial charge in [0, 0.05) is 18.5 Å². The second kappa shape index (κ2) is 5.19. The zero-order valence-electron chi connectivity index (χ0n) is 9.98. The predicted molar refractivity (Wildman–Crippen MR) is 65.7 cm³/mol. The average Bonchev–Trinajstić information content (AvgIpc) is 3.12. The molecule has 0 radical (unpaired) electrons. The maximum absolute atomic E-state index is 11.6. The lowest BCUT2D eigenvalue weighted by atomic mass is 10.0. The molecular weight excluding hydrogens is 216 g/mol. The molecule has 2 rings (SSSR count). The Hall–Kier alpha value is -1.55. The molecule has 4 heteroatoms. The molecule has 92 valence electrons. The summed E-state index contributed by atoms with van der Waals surface area (Å²) in [4.78, 5) is 11.6. The van der Waals surface area contributed by atoms with Crippen molar-refractivity contribution in [2.75, 3.05) is 7.11 Å². The zero-order valence-corrected chi connectivity index (χ0v) is 9.98. The van der Waals surface area contributed by atoms with Crippen molar-refractivity contribution in [1.29, 1.82) is 0 Å². The van der Waals surface area contributed by atoms with E-state index in [9.17, 15) is 4.79 Å². The number of nitrogens with one attached hydrogen (secondary N) is 1. The molecule has 1 aromatic carbocycles. The second-order valence-corrected chi connectivity index (χ2v) is 4.43. The molecule has 1 atom stereocenters. The molecule has 4 nitrogen and oxygen atoms in total. The van der Waals surface area contributed by atoms with Crippen LogP contribution in [-0.4, -0.2) is 19.1 Å². The molecule has 1 unspecified atom stereocenters. The van der Waals surface area contributed by atoms with Gasteiger partial charge in [-0.2, -0.15) is 0 Å². The molecule has 1 fully saturated rings. The van der Waals surface area contributed by atoms with Crippen molar-refractivity contribution < 1.29 is 9.53 Å². The van der Waals surface area contributed by atoms with E-state index >= 15 is 0 Å². The van der Waals surface area contributed by atoms with Gasteiger partial charge in [0.25, 0.3) is 0 Å². The van der Waals surface area contributed by atoms with E-state index in [2.05, 4.69) is 5.32 Å². The van der Waals surface area contributed by atoms with E-state index in [0.29, 0.717) is 12.5 Å². The van der Waals surface area contributed by atoms with Crippen LogP contribution in [0.2, 0.25) is 0 Å². The third-order valence-corrected chi connectivity index (χ3v) is 2.87. The Balaban J connectivity index is 1.92. The summed E-state index contributed by atoms with van der Waals surface area (Å²) in [7, 11) is 1.62. The summed E-state index contributed by atoms with van der Waals surface area (Å²) in [6, 6.07) is 7.64. The van der Waals surface area contributed by atoms with Gasteiger partial charge in [0.15, 0.2) is 0 Å². The van der Waals surface area contributed by atoms with Gasteiger partial charge >= 0.3 is 0 Å². The Morgan fingerprint density at radius 3 is 3.00 bits per heavy atom. The van der Waals surface area contributed by atoms with E-state index in [1.54, 1.807) is 7.11 Å². The lowest BCUT2D eigenvalue weighted by molar-refractivity contribution is -0.121. The van der Waals surface area contributed by atoms with Crippen LogP contribution >= 0.6 is 0 Å². The molecule has 1 amide bonds. The number of amides is 1. The van der Waals surface area contributed by atoms with E-state index in [4.69, 9.17) is 10.5 Å². The highest BCUT2D eigenvalue weighted by atomic mass is 16.5. The van der Waals surface area contributed by atoms with Crippen LogP contribution in [0.15, 0.2) is 24.3 Å². The molecule has 0 aromatic heterocycles. The SMILES string of the molecule is COc1cccc(C(N)CC(=O)NC2CC2)c1. The van der Waals surface area contributed by atoms with Gasteiger partial charge in [-0.1, -0.05) is 12.1 Å². The van der Waals surface area contributed by atoms with Gasteiger partial charge in [-0.25, -0.2) is 0 Å². The molecule has 17 heavy (non-hydrogen) atoms. The first kappa shape index (κ1) is 11.9. The van der Waals surface area contributed by atoms with Crippen molar-refractivity contribution in [1.82, 2.24) is 5.32 Å². The Labute approximate surface area is 101 Å². The van der Waals surface area contributed by atoms with Gasteiger partial charge in [-0.05, 0) is 30.5 Å². The summed E-state index contributed by atoms with van der Waals surface area (Å²) in [6.07, 6.45) is 2.52. The summed E-state index contributed by atoms with van der Waals surface area (Å²) < 4.78 is 5.13. The predicted octanol–water partition coefficient (Wildman–Crippen LogP) is 1.36. The molecule has 1 aromatic rings. The lowest BCUT2D eigenvalue weighted by Gasteiger charge is -2.12. The van der Waals surface area contributed by atoms with Crippen LogP contribution in [0, 0.1) is 0 Å². The fourth-order valence-corrected chi connectivity index (χ4v) is 1.70. The van der Waals surface area contributed by atoms with Gasteiger partial charge in [-0.15, -0.1) is 0 Å². The number of methoxy groups -OCH3 is 1. The van der Waals surface area contributed by atoms with E-state index < -0.39 is 0 Å². The normalized spacial score (nSPS) is 16.4. The molecule has 0 saturated heterocycles. The maximum Gasteiger partial charge on any atom is 0.222 e. The topological polar surface area (TPSA) is 64.3 Å². The lowest BCUT2D eigenvalue weighted by Crippen LogP contribution is -2.29. The van der Waals surface area contributed by atoms with E-state index in [0.717, 1.165) is 24.2 Å². The number of rotatable bonds is 5. The average molecular weight is 234 g/mol. The number of carbonyl (C=O) groups is 1. The van der Waals surface area contributed by atoms with Crippen LogP contribution in [-0.2, 0) is 4.79 Å². The van der Waals surface area contributed by atoms with Crippen LogP contribution in [0.5, 0.6) is 5.75 Å². The number of carbonyl (C=O) groups excluding carboxylic acids is 1. The van der Waals surface area contributed by atoms with Crippen LogP contribution in [0.3, 0.4) is 0 Å². The van der Waals surface area contributed by atoms with Crippen LogP contribution in [0.1, 0.15) is 30.9 Å². The monoisotopic (exact) mass is 234 g/mol. The van der Waals surface area contributed by atoms with Crippen LogP contribution in [0.25, 0.3) is 0 Å². The number of nitrogens with two attached hydrogens (primary N) is 1. The Kier molecular flexibility index (Phi) is 3.64. The minimum atomic E-state index is -0.274. The van der Waals surface area contributed by atoms with Gasteiger partial charge < -0.3 is 15.8 Å². The summed E-state index contributed by atoms with van der Waals surface area (Å²) in [5.41, 5.74) is 6.93. The molecule has 0 heterocycles. The first-order valence-electron chi connectivity index (χ1n) is 5.88. The number of hydrogen-bond acceptors (Lipinski definition) is 3. The molecule has 0 spiro atoms. The fourth-order valence-electron chi connectivity index (χ4n) is 1.70. The number of ether oxygens (including phenoxy) is 1. The van der Waals surface area contributed by atoms with Crippen molar-refractivity contribution in [2.45, 2.75) is 31.3 Å². The quantitative estimate of drug-likeness (QED) is 0.808. The molecule has 0 bridgehead atoms. The summed E-state index contributed by atoms with van der Waals surface area (Å²) in [5, 5.41) is 2.93. The van der Waals surface area contributed by atoms with Gasteiger partial charge in [0.2, 0.25) is 5.91 Å². The van der Waals surface area contributed by atoms with Crippen molar-refractivity contribution in [3.05, 3.63) is 29.8 Å². The zero-order chi connectivity index (χ0) is 12.3. The first-order chi connectivity index (χ1) is 8.19. The molecule has 1 saturated carbocycles. The molecule has 1 aliphatic carbocycles. The summed E-state index contributed by atoms with van der Waals surface area (Å²) >= 11 is 0. The highest BCUT2D eigenvalue weighted by molar-refractivity contribution is 5.77. The largest absolute Gasteiger partial charge is 0.497 e. The van der Waals surface area contributed by atoms with E-state index in [1.165, 1.54) is 0 Å². The second-order valence-electron chi connectivity index (χ2n) is 4.43. The van der Waals surface area contributed by atoms with E-state index in [1.807, 2.05) is 24.3 Å². The molecule has 0 aliphatic heterocycles. The smallest absolute Gasteiger partial charge is 0.222 e. The maximum atomic E-state index is 11.6. The minimum absolute atomic E-state index is 0.0304. The van der Waals surface area contributed by atoms with Gasteiger partial charge in [0.05, 0.1) is 7.11 Å². The Bertz CT molecular complexity index is 402. The van der Waals surface area contributed by atoms with Crippen molar-refractivity contribution in [3.8, 4) is 5.75 Å². The first-order valence-corrected chi connectivity index (χ1v) is 5.88. The van der Waals surface area contributed by atoms with Crippen LogP contribution < -0.4 is 15.8 Å². The third kappa shape index (κ3) is 3.46. The molecule has 3 N–H and O–H groups in total. The van der Waals surface area contributed by atoms with E-state index in [-0.39, 0.29) is 11.9 Å². The summed E-state index contributed by atoms with van der Waals surface area (Å²) in [5.74, 6) is 0.795. The summed E-state index contributed by atoms with van der Waals surface area (Å²) in [6.45, 7) is 0. The number of hydrogen-bond donors (Lipinski definition) is 2. The Morgan fingerprint density at radius 1 is 1.59 bits per heavy atom. The fraction of sp³-hybridized carbons (Fsp3) is 0.462. The highest BCUT2D eigenvalue weighted by Gasteiger charge is 2.24. The molecule has 1 aliphatic rings. The van der Waals surface area contributed by atoms with Gasteiger partial charge in [0.1, 0.15) is 5.75 Å². The third-order valence-electron chi connectivity index (χ3n) is 2.87. The number of benzene rings is 1. The molecular formula is C13H18N2O2. The van der Waals surface area contributed by atoms with Crippen molar-refractivity contribution in [3.63, 3.8) is 0 Å². The van der Waals surface area contributed by atoms with Crippen molar-refractivity contribution >= 4 is 5.91 Å². The highest BCUT2D eigenvalue weighted by Crippen LogP contribution is 2.22. The minimum Gasteiger partial charge on any atom is -0.497 e. The Morgan fingerprint density at radius 2 is 2.35 bits per heavy atom.